The molecule has 1 aromatic heterocycles. The number of primary amides is 1. The summed E-state index contributed by atoms with van der Waals surface area (Å²) in [7, 11) is 1.46. The minimum Gasteiger partial charge on any atom is -0.456 e. The molecule has 0 unspecified atom stereocenters. The molecule has 0 aliphatic rings. The van der Waals surface area contributed by atoms with E-state index in [9.17, 15) is 14.0 Å². The molecule has 1 heterocycles. The standard InChI is InChI=1S/C21H19FIN3O3/c1-11-5-4-6-12(2)19(11)29-16-10-17(27)26(3)21(18(16)20(24)28)25-15-8-7-13(23)9-14(15)22/h4-10,25H,1-3H3,(H2,24,28). The van der Waals surface area contributed by atoms with E-state index in [-0.39, 0.29) is 22.8 Å². The van der Waals surface area contributed by atoms with Crippen LogP contribution < -0.4 is 21.3 Å². The lowest BCUT2D eigenvalue weighted by atomic mass is 10.1. The summed E-state index contributed by atoms with van der Waals surface area (Å²) in [6, 6.07) is 11.3. The second-order valence-electron chi connectivity index (χ2n) is 6.57. The number of nitrogens with one attached hydrogen (secondary N) is 1. The van der Waals surface area contributed by atoms with Crippen LogP contribution in [0.4, 0.5) is 15.9 Å². The molecule has 3 rings (SSSR count). The van der Waals surface area contributed by atoms with Crippen LogP contribution in [0.1, 0.15) is 21.5 Å². The molecule has 29 heavy (non-hydrogen) atoms. The summed E-state index contributed by atoms with van der Waals surface area (Å²) in [4.78, 5) is 24.8. The van der Waals surface area contributed by atoms with Crippen molar-refractivity contribution < 1.29 is 13.9 Å². The van der Waals surface area contributed by atoms with Gasteiger partial charge in [-0.05, 0) is 65.8 Å². The number of benzene rings is 2. The lowest BCUT2D eigenvalue weighted by molar-refractivity contribution is 0.0998. The molecule has 2 aromatic carbocycles. The molecule has 0 aliphatic heterocycles. The molecule has 8 heteroatoms. The Hall–Kier alpha value is -2.88. The van der Waals surface area contributed by atoms with Gasteiger partial charge in [-0.1, -0.05) is 18.2 Å². The summed E-state index contributed by atoms with van der Waals surface area (Å²) in [5, 5.41) is 2.82. The summed E-state index contributed by atoms with van der Waals surface area (Å²) >= 11 is 1.99. The first kappa shape index (κ1) is 20.8. The Morgan fingerprint density at radius 2 is 1.83 bits per heavy atom. The number of hydrogen-bond acceptors (Lipinski definition) is 4. The highest BCUT2D eigenvalue weighted by Gasteiger charge is 2.22. The Kier molecular flexibility index (Phi) is 5.92. The predicted octanol–water partition coefficient (Wildman–Crippen LogP) is 4.38. The van der Waals surface area contributed by atoms with Gasteiger partial charge in [-0.2, -0.15) is 0 Å². The number of para-hydroxylation sites is 1. The van der Waals surface area contributed by atoms with Gasteiger partial charge in [-0.3, -0.25) is 14.2 Å². The minimum absolute atomic E-state index is 0.00594. The SMILES string of the molecule is Cc1cccc(C)c1Oc1cc(=O)n(C)c(Nc2ccc(I)cc2F)c1C(N)=O. The van der Waals surface area contributed by atoms with Crippen LogP contribution in [-0.4, -0.2) is 10.5 Å². The summed E-state index contributed by atoms with van der Waals surface area (Å²) in [6.07, 6.45) is 0. The van der Waals surface area contributed by atoms with Crippen LogP contribution in [0.2, 0.25) is 0 Å². The third-order valence-corrected chi connectivity index (χ3v) is 5.13. The van der Waals surface area contributed by atoms with Crippen molar-refractivity contribution in [3.05, 3.63) is 78.9 Å². The Labute approximate surface area is 180 Å². The highest BCUT2D eigenvalue weighted by molar-refractivity contribution is 14.1. The molecule has 0 aliphatic carbocycles. The van der Waals surface area contributed by atoms with Crippen LogP contribution in [0.3, 0.4) is 0 Å². The van der Waals surface area contributed by atoms with E-state index in [0.717, 1.165) is 11.1 Å². The van der Waals surface area contributed by atoms with Crippen LogP contribution in [0.15, 0.2) is 47.3 Å². The summed E-state index contributed by atoms with van der Waals surface area (Å²) < 4.78 is 22.2. The number of halogens is 2. The van der Waals surface area contributed by atoms with E-state index in [1.54, 1.807) is 6.07 Å². The molecule has 0 saturated heterocycles. The van der Waals surface area contributed by atoms with E-state index < -0.39 is 17.3 Å². The van der Waals surface area contributed by atoms with Crippen LogP contribution >= 0.6 is 22.6 Å². The number of aryl methyl sites for hydroxylation is 2. The highest BCUT2D eigenvalue weighted by atomic mass is 127. The van der Waals surface area contributed by atoms with Gasteiger partial charge in [0.2, 0.25) is 0 Å². The molecule has 0 bridgehead atoms. The lowest BCUT2D eigenvalue weighted by Gasteiger charge is -2.19. The van der Waals surface area contributed by atoms with Crippen molar-refractivity contribution in [1.29, 1.82) is 0 Å². The van der Waals surface area contributed by atoms with Gasteiger partial charge in [-0.25, -0.2) is 4.39 Å². The maximum Gasteiger partial charge on any atom is 0.256 e. The number of carbonyl (C=O) groups is 1. The van der Waals surface area contributed by atoms with Crippen molar-refractivity contribution in [3.8, 4) is 11.5 Å². The molecule has 3 N–H and O–H groups in total. The molecule has 0 spiro atoms. The van der Waals surface area contributed by atoms with Gasteiger partial charge in [0.15, 0.2) is 0 Å². The number of amides is 1. The van der Waals surface area contributed by atoms with E-state index in [1.807, 2.05) is 54.6 Å². The quantitative estimate of drug-likeness (QED) is 0.502. The van der Waals surface area contributed by atoms with Crippen molar-refractivity contribution >= 4 is 40.0 Å². The fraction of sp³-hybridized carbons (Fsp3) is 0.143. The van der Waals surface area contributed by atoms with E-state index >= 15 is 0 Å². The Morgan fingerprint density at radius 1 is 1.17 bits per heavy atom. The number of hydrogen-bond donors (Lipinski definition) is 2. The van der Waals surface area contributed by atoms with Crippen molar-refractivity contribution in [1.82, 2.24) is 4.57 Å². The molecule has 6 nitrogen and oxygen atoms in total. The number of ether oxygens (including phenoxy) is 1. The topological polar surface area (TPSA) is 86.3 Å². The van der Waals surface area contributed by atoms with Crippen LogP contribution in [0.5, 0.6) is 11.5 Å². The zero-order valence-electron chi connectivity index (χ0n) is 16.0. The average Bonchev–Trinajstić information content (AvgIpc) is 2.64. The van der Waals surface area contributed by atoms with Gasteiger partial charge in [-0.15, -0.1) is 0 Å². The fourth-order valence-electron chi connectivity index (χ4n) is 2.93. The maximum absolute atomic E-state index is 14.4. The van der Waals surface area contributed by atoms with Crippen molar-refractivity contribution in [3.63, 3.8) is 0 Å². The number of carbonyl (C=O) groups excluding carboxylic acids is 1. The van der Waals surface area contributed by atoms with Gasteiger partial charge < -0.3 is 15.8 Å². The molecule has 0 fully saturated rings. The number of anilines is 2. The second kappa shape index (κ2) is 8.24. The molecule has 0 atom stereocenters. The first-order valence-electron chi connectivity index (χ1n) is 8.69. The first-order valence-corrected chi connectivity index (χ1v) is 9.77. The minimum atomic E-state index is -0.810. The molecule has 150 valence electrons. The second-order valence-corrected chi connectivity index (χ2v) is 7.81. The average molecular weight is 507 g/mol. The van der Waals surface area contributed by atoms with Gasteiger partial charge in [0.25, 0.3) is 11.5 Å². The lowest BCUT2D eigenvalue weighted by Crippen LogP contribution is -2.25. The third kappa shape index (κ3) is 4.26. The summed E-state index contributed by atoms with van der Waals surface area (Å²) in [5.41, 5.74) is 6.89. The predicted molar refractivity (Wildman–Crippen MR) is 119 cm³/mol. The molecule has 0 radical (unpaired) electrons. The van der Waals surface area contributed by atoms with Crippen molar-refractivity contribution in [2.24, 2.45) is 12.8 Å². The van der Waals surface area contributed by atoms with Crippen molar-refractivity contribution in [2.45, 2.75) is 13.8 Å². The van der Waals surface area contributed by atoms with Crippen LogP contribution in [0, 0.1) is 23.2 Å². The number of nitrogens with zero attached hydrogens (tertiary/aromatic N) is 1. The number of aromatic nitrogens is 1. The van der Waals surface area contributed by atoms with E-state index in [2.05, 4.69) is 5.32 Å². The summed E-state index contributed by atoms with van der Waals surface area (Å²) in [5.74, 6) is -0.761. The zero-order valence-corrected chi connectivity index (χ0v) is 18.2. The highest BCUT2D eigenvalue weighted by Crippen LogP contribution is 2.34. The Balaban J connectivity index is 2.18. The molecular weight excluding hydrogens is 488 g/mol. The molecule has 1 amide bonds. The summed E-state index contributed by atoms with van der Waals surface area (Å²) in [6.45, 7) is 3.71. The van der Waals surface area contributed by atoms with E-state index in [4.69, 9.17) is 10.5 Å². The van der Waals surface area contributed by atoms with E-state index in [0.29, 0.717) is 9.32 Å². The van der Waals surface area contributed by atoms with Crippen molar-refractivity contribution in [2.75, 3.05) is 5.32 Å². The largest absolute Gasteiger partial charge is 0.456 e. The monoisotopic (exact) mass is 507 g/mol. The molecule has 0 saturated carbocycles. The first-order chi connectivity index (χ1) is 13.7. The Morgan fingerprint density at radius 3 is 2.41 bits per heavy atom. The van der Waals surface area contributed by atoms with Crippen LogP contribution in [0.25, 0.3) is 0 Å². The molecular formula is C21H19FIN3O3. The van der Waals surface area contributed by atoms with Gasteiger partial charge >= 0.3 is 0 Å². The maximum atomic E-state index is 14.4. The Bertz CT molecular complexity index is 1150. The van der Waals surface area contributed by atoms with Crippen LogP contribution in [-0.2, 0) is 7.05 Å². The normalized spacial score (nSPS) is 10.7. The number of pyridine rings is 1. The van der Waals surface area contributed by atoms with E-state index in [1.165, 1.54) is 29.8 Å². The smallest absolute Gasteiger partial charge is 0.256 e. The number of nitrogens with two attached hydrogens (primary N) is 1. The van der Waals surface area contributed by atoms with Gasteiger partial charge in [0.05, 0.1) is 5.69 Å². The zero-order chi connectivity index (χ0) is 21.3. The third-order valence-electron chi connectivity index (χ3n) is 4.46. The van der Waals surface area contributed by atoms with Gasteiger partial charge in [0, 0.05) is 16.7 Å². The number of rotatable bonds is 5. The fourth-order valence-corrected chi connectivity index (χ4v) is 3.38. The molecule has 3 aromatic rings. The van der Waals surface area contributed by atoms with Gasteiger partial charge in [0.1, 0.15) is 28.7 Å².